The summed E-state index contributed by atoms with van der Waals surface area (Å²) in [4.78, 5) is 21.5. The van der Waals surface area contributed by atoms with E-state index in [0.29, 0.717) is 29.4 Å². The number of amides is 1. The quantitative estimate of drug-likeness (QED) is 0.495. The number of nitrogens with one attached hydrogen (secondary N) is 2. The molecule has 0 radical (unpaired) electrons. The Morgan fingerprint density at radius 1 is 1.03 bits per heavy atom. The Balaban J connectivity index is 1.59. The summed E-state index contributed by atoms with van der Waals surface area (Å²) in [5.41, 5.74) is 2.48. The predicted octanol–water partition coefficient (Wildman–Crippen LogP) is 3.59. The summed E-state index contributed by atoms with van der Waals surface area (Å²) >= 11 is 0. The molecular weight excluding hydrogens is 378 g/mol. The van der Waals surface area contributed by atoms with Gasteiger partial charge < -0.3 is 10.1 Å². The zero-order valence-electron chi connectivity index (χ0n) is 16.4. The largest absolute Gasteiger partial charge is 0.497 e. The van der Waals surface area contributed by atoms with Crippen molar-refractivity contribution in [3.05, 3.63) is 96.1 Å². The molecule has 2 heterocycles. The van der Waals surface area contributed by atoms with E-state index < -0.39 is 0 Å². The molecule has 0 aliphatic heterocycles. The highest BCUT2D eigenvalue weighted by atomic mass is 16.5. The molecule has 7 nitrogen and oxygen atoms in total. The van der Waals surface area contributed by atoms with Crippen LogP contribution in [0.5, 0.6) is 5.75 Å². The van der Waals surface area contributed by atoms with Crippen molar-refractivity contribution >= 4 is 5.91 Å². The maximum atomic E-state index is 12.9. The van der Waals surface area contributed by atoms with Gasteiger partial charge in [-0.15, -0.1) is 0 Å². The van der Waals surface area contributed by atoms with Crippen LogP contribution in [0.25, 0.3) is 11.4 Å². The second-order valence-electron chi connectivity index (χ2n) is 6.72. The Hall–Kier alpha value is -4.00. The average molecular weight is 399 g/mol. The summed E-state index contributed by atoms with van der Waals surface area (Å²) < 4.78 is 5.16. The number of pyridine rings is 1. The minimum absolute atomic E-state index is 0.194. The Bertz CT molecular complexity index is 1100. The van der Waals surface area contributed by atoms with Gasteiger partial charge in [-0.1, -0.05) is 30.3 Å². The lowest BCUT2D eigenvalue weighted by molar-refractivity contribution is 0.0934. The van der Waals surface area contributed by atoms with Gasteiger partial charge in [0.15, 0.2) is 5.82 Å². The van der Waals surface area contributed by atoms with E-state index in [1.54, 1.807) is 43.8 Å². The molecule has 1 amide bonds. The van der Waals surface area contributed by atoms with Gasteiger partial charge in [-0.25, -0.2) is 4.98 Å². The number of methoxy groups -OCH3 is 1. The Morgan fingerprint density at radius 2 is 1.77 bits per heavy atom. The third-order valence-electron chi connectivity index (χ3n) is 4.71. The second kappa shape index (κ2) is 9.00. The van der Waals surface area contributed by atoms with E-state index >= 15 is 0 Å². The van der Waals surface area contributed by atoms with E-state index in [1.807, 2.05) is 42.5 Å². The minimum atomic E-state index is -0.370. The average Bonchev–Trinajstić information content (AvgIpc) is 3.30. The minimum Gasteiger partial charge on any atom is -0.497 e. The molecule has 2 N–H and O–H groups in total. The molecule has 0 spiro atoms. The van der Waals surface area contributed by atoms with E-state index in [-0.39, 0.29) is 11.9 Å². The van der Waals surface area contributed by atoms with Crippen LogP contribution in [0, 0.1) is 0 Å². The van der Waals surface area contributed by atoms with Crippen LogP contribution < -0.4 is 10.1 Å². The summed E-state index contributed by atoms with van der Waals surface area (Å²) in [5, 5.41) is 10.4. The number of nitrogens with zero attached hydrogens (tertiary/aromatic N) is 3. The van der Waals surface area contributed by atoms with E-state index in [2.05, 4.69) is 25.5 Å². The zero-order chi connectivity index (χ0) is 20.8. The van der Waals surface area contributed by atoms with Gasteiger partial charge in [-0.3, -0.25) is 14.9 Å². The number of rotatable bonds is 7. The Labute approximate surface area is 174 Å². The molecule has 0 saturated carbocycles. The highest BCUT2D eigenvalue weighted by molar-refractivity contribution is 5.94. The van der Waals surface area contributed by atoms with Gasteiger partial charge >= 0.3 is 0 Å². The van der Waals surface area contributed by atoms with Gasteiger partial charge in [-0.2, -0.15) is 5.10 Å². The highest BCUT2D eigenvalue weighted by Gasteiger charge is 2.21. The standard InChI is InChI=1S/C23H21N5O2/c1-30-19-9-7-18(8-10-19)23(29)25-20(15-16-5-3-2-4-6-16)22-26-21(27-28-22)17-11-13-24-14-12-17/h2-14,20H,15H2,1H3,(H,25,29)(H,26,27,28)/t20-/m1/s1. The first-order valence-corrected chi connectivity index (χ1v) is 9.54. The van der Waals surface area contributed by atoms with Crippen molar-refractivity contribution in [2.75, 3.05) is 7.11 Å². The number of aromatic amines is 1. The summed E-state index contributed by atoms with van der Waals surface area (Å²) in [6.07, 6.45) is 3.96. The van der Waals surface area contributed by atoms with E-state index in [0.717, 1.165) is 11.1 Å². The van der Waals surface area contributed by atoms with E-state index in [1.165, 1.54) is 0 Å². The lowest BCUT2D eigenvalue weighted by atomic mass is 10.0. The van der Waals surface area contributed by atoms with Gasteiger partial charge in [-0.05, 0) is 48.4 Å². The van der Waals surface area contributed by atoms with Gasteiger partial charge in [0, 0.05) is 23.5 Å². The summed E-state index contributed by atoms with van der Waals surface area (Å²) in [6, 6.07) is 20.3. The van der Waals surface area contributed by atoms with Crippen molar-refractivity contribution in [1.82, 2.24) is 25.5 Å². The molecule has 0 bridgehead atoms. The summed E-state index contributed by atoms with van der Waals surface area (Å²) in [7, 11) is 1.59. The summed E-state index contributed by atoms with van der Waals surface area (Å²) in [5.74, 6) is 1.65. The van der Waals surface area contributed by atoms with Crippen LogP contribution in [-0.2, 0) is 6.42 Å². The molecule has 0 unspecified atom stereocenters. The lowest BCUT2D eigenvalue weighted by Crippen LogP contribution is -2.30. The number of ether oxygens (including phenoxy) is 1. The topological polar surface area (TPSA) is 92.8 Å². The molecule has 0 aliphatic rings. The smallest absolute Gasteiger partial charge is 0.251 e. The first-order chi connectivity index (χ1) is 14.7. The first kappa shape index (κ1) is 19.3. The second-order valence-corrected chi connectivity index (χ2v) is 6.72. The number of carbonyl (C=O) groups is 1. The molecule has 2 aromatic carbocycles. The first-order valence-electron chi connectivity index (χ1n) is 9.54. The third-order valence-corrected chi connectivity index (χ3v) is 4.71. The molecule has 4 aromatic rings. The van der Waals surface area contributed by atoms with Crippen LogP contribution in [0.15, 0.2) is 79.1 Å². The van der Waals surface area contributed by atoms with Gasteiger partial charge in [0.1, 0.15) is 11.6 Å². The number of H-pyrrole nitrogens is 1. The SMILES string of the molecule is COc1ccc(C(=O)N[C@H](Cc2ccccc2)c2nc(-c3ccncc3)n[nH]2)cc1. The molecule has 0 aliphatic carbocycles. The number of hydrogen-bond donors (Lipinski definition) is 2. The molecule has 4 rings (SSSR count). The molecule has 2 aromatic heterocycles. The zero-order valence-corrected chi connectivity index (χ0v) is 16.4. The molecule has 0 fully saturated rings. The maximum absolute atomic E-state index is 12.9. The fourth-order valence-electron chi connectivity index (χ4n) is 3.11. The van der Waals surface area contributed by atoms with Crippen molar-refractivity contribution in [2.45, 2.75) is 12.5 Å². The summed E-state index contributed by atoms with van der Waals surface area (Å²) in [6.45, 7) is 0. The molecule has 0 saturated heterocycles. The van der Waals surface area contributed by atoms with Crippen LogP contribution in [0.1, 0.15) is 27.8 Å². The van der Waals surface area contributed by atoms with Crippen LogP contribution >= 0.6 is 0 Å². The normalized spacial score (nSPS) is 11.6. The lowest BCUT2D eigenvalue weighted by Gasteiger charge is -2.17. The van der Waals surface area contributed by atoms with Gasteiger partial charge in [0.25, 0.3) is 5.91 Å². The fourth-order valence-corrected chi connectivity index (χ4v) is 3.11. The van der Waals surface area contributed by atoms with Crippen molar-refractivity contribution in [1.29, 1.82) is 0 Å². The molecule has 150 valence electrons. The number of carbonyl (C=O) groups excluding carboxylic acids is 1. The van der Waals surface area contributed by atoms with E-state index in [4.69, 9.17) is 4.74 Å². The third kappa shape index (κ3) is 4.52. The Kier molecular flexibility index (Phi) is 5.80. The predicted molar refractivity (Wildman–Crippen MR) is 113 cm³/mol. The Morgan fingerprint density at radius 3 is 2.47 bits per heavy atom. The van der Waals surface area contributed by atoms with Crippen molar-refractivity contribution in [3.8, 4) is 17.1 Å². The number of benzene rings is 2. The monoisotopic (exact) mass is 399 g/mol. The molecule has 7 heteroatoms. The van der Waals surface area contributed by atoms with Crippen LogP contribution in [0.4, 0.5) is 0 Å². The molecular formula is C23H21N5O2. The van der Waals surface area contributed by atoms with Gasteiger partial charge in [0.2, 0.25) is 0 Å². The van der Waals surface area contributed by atoms with Crippen LogP contribution in [0.2, 0.25) is 0 Å². The van der Waals surface area contributed by atoms with Gasteiger partial charge in [0.05, 0.1) is 13.2 Å². The van der Waals surface area contributed by atoms with Crippen molar-refractivity contribution in [3.63, 3.8) is 0 Å². The molecule has 30 heavy (non-hydrogen) atoms. The number of hydrogen-bond acceptors (Lipinski definition) is 5. The number of aromatic nitrogens is 4. The molecule has 1 atom stereocenters. The van der Waals surface area contributed by atoms with Crippen LogP contribution in [-0.4, -0.2) is 33.2 Å². The van der Waals surface area contributed by atoms with Crippen LogP contribution in [0.3, 0.4) is 0 Å². The highest BCUT2D eigenvalue weighted by Crippen LogP contribution is 2.20. The fraction of sp³-hybridized carbons (Fsp3) is 0.130. The maximum Gasteiger partial charge on any atom is 0.251 e. The van der Waals surface area contributed by atoms with Crippen molar-refractivity contribution in [2.24, 2.45) is 0 Å². The van der Waals surface area contributed by atoms with Crippen molar-refractivity contribution < 1.29 is 9.53 Å². The van der Waals surface area contributed by atoms with E-state index in [9.17, 15) is 4.79 Å².